The second-order valence-electron chi connectivity index (χ2n) is 10.7. The normalized spacial score (nSPS) is 16.7. The number of methoxy groups -OCH3 is 2. The van der Waals surface area contributed by atoms with E-state index < -0.39 is 23.6 Å². The van der Waals surface area contributed by atoms with Crippen molar-refractivity contribution in [2.24, 2.45) is 5.41 Å². The van der Waals surface area contributed by atoms with Gasteiger partial charge < -0.3 is 19.1 Å². The maximum atomic E-state index is 13.0. The summed E-state index contributed by atoms with van der Waals surface area (Å²) in [5, 5.41) is 4.46. The number of hydrogen-bond acceptors (Lipinski definition) is 7. The molecule has 0 radical (unpaired) electrons. The molecule has 8 nitrogen and oxygen atoms in total. The highest BCUT2D eigenvalue weighted by Crippen LogP contribution is 2.43. The van der Waals surface area contributed by atoms with Crippen LogP contribution in [0.1, 0.15) is 81.1 Å². The van der Waals surface area contributed by atoms with Crippen LogP contribution in [0, 0.1) is 12.3 Å². The van der Waals surface area contributed by atoms with E-state index in [-0.39, 0.29) is 11.1 Å². The van der Waals surface area contributed by atoms with Gasteiger partial charge in [0, 0.05) is 30.9 Å². The fourth-order valence-corrected chi connectivity index (χ4v) is 4.77. The molecule has 0 saturated carbocycles. The van der Waals surface area contributed by atoms with Crippen molar-refractivity contribution in [2.45, 2.75) is 72.0 Å². The summed E-state index contributed by atoms with van der Waals surface area (Å²) in [5.74, 6) is -0.973. The van der Waals surface area contributed by atoms with Gasteiger partial charge in [-0.1, -0.05) is 13.0 Å². The Balaban J connectivity index is 2.18. The summed E-state index contributed by atoms with van der Waals surface area (Å²) in [7, 11) is 2.71. The van der Waals surface area contributed by atoms with E-state index in [0.29, 0.717) is 0 Å². The number of pyridine rings is 1. The Morgan fingerprint density at radius 2 is 1.89 bits per heavy atom. The van der Waals surface area contributed by atoms with Crippen LogP contribution >= 0.6 is 0 Å². The van der Waals surface area contributed by atoms with Crippen molar-refractivity contribution in [3.05, 3.63) is 41.7 Å². The van der Waals surface area contributed by atoms with Gasteiger partial charge in [0.1, 0.15) is 0 Å². The quantitative estimate of drug-likeness (QED) is 0.383. The third-order valence-electron chi connectivity index (χ3n) is 6.76. The van der Waals surface area contributed by atoms with Crippen molar-refractivity contribution < 1.29 is 23.8 Å². The summed E-state index contributed by atoms with van der Waals surface area (Å²) >= 11 is 0. The van der Waals surface area contributed by atoms with Gasteiger partial charge in [-0.15, -0.1) is 6.58 Å². The first-order valence-electron chi connectivity index (χ1n) is 12.2. The van der Waals surface area contributed by atoms with E-state index in [1.807, 2.05) is 40.0 Å². The number of esters is 2. The van der Waals surface area contributed by atoms with Crippen molar-refractivity contribution in [2.75, 3.05) is 32.2 Å². The molecule has 1 aliphatic heterocycles. The fraction of sp³-hybridized carbons (Fsp3) is 0.593. The molecule has 1 atom stereocenters. The van der Waals surface area contributed by atoms with Gasteiger partial charge >= 0.3 is 11.9 Å². The highest BCUT2D eigenvalue weighted by atomic mass is 16.6. The Morgan fingerprint density at radius 1 is 1.23 bits per heavy atom. The summed E-state index contributed by atoms with van der Waals surface area (Å²) in [5.41, 5.74) is 3.00. The monoisotopic (exact) mass is 485 g/mol. The van der Waals surface area contributed by atoms with Crippen LogP contribution in [-0.2, 0) is 19.0 Å². The molecule has 0 aromatic carbocycles. The lowest BCUT2D eigenvalue weighted by Gasteiger charge is -2.42. The average Bonchev–Trinajstić information content (AvgIpc) is 3.23. The van der Waals surface area contributed by atoms with Crippen LogP contribution in [0.4, 0.5) is 5.69 Å². The van der Waals surface area contributed by atoms with Crippen molar-refractivity contribution in [3.63, 3.8) is 0 Å². The van der Waals surface area contributed by atoms with Crippen LogP contribution in [0.2, 0.25) is 0 Å². The number of allylic oxidation sites excluding steroid dienone is 1. The number of carbonyl (C=O) groups excluding carboxylic acids is 2. The molecule has 8 heteroatoms. The van der Waals surface area contributed by atoms with Gasteiger partial charge in [0.15, 0.2) is 11.8 Å². The van der Waals surface area contributed by atoms with Crippen LogP contribution in [0.5, 0.6) is 0 Å². The lowest BCUT2D eigenvalue weighted by molar-refractivity contribution is -0.164. The second-order valence-corrected chi connectivity index (χ2v) is 10.7. The second kappa shape index (κ2) is 10.4. The Kier molecular flexibility index (Phi) is 7.94. The number of anilines is 1. The number of aromatic nitrogens is 2. The van der Waals surface area contributed by atoms with E-state index in [2.05, 4.69) is 23.5 Å². The van der Waals surface area contributed by atoms with Gasteiger partial charge in [0.25, 0.3) is 0 Å². The van der Waals surface area contributed by atoms with Crippen molar-refractivity contribution in [1.29, 1.82) is 0 Å². The smallest absolute Gasteiger partial charge is 0.358 e. The van der Waals surface area contributed by atoms with E-state index in [1.54, 1.807) is 10.6 Å². The van der Waals surface area contributed by atoms with Crippen LogP contribution in [-0.4, -0.2) is 54.5 Å². The minimum absolute atomic E-state index is 0.212. The fourth-order valence-electron chi connectivity index (χ4n) is 4.77. The molecule has 0 amide bonds. The molecule has 3 heterocycles. The minimum Gasteiger partial charge on any atom is -0.467 e. The van der Waals surface area contributed by atoms with E-state index in [1.165, 1.54) is 14.2 Å². The summed E-state index contributed by atoms with van der Waals surface area (Å²) in [6.07, 6.45) is 6.96. The zero-order valence-corrected chi connectivity index (χ0v) is 22.1. The third-order valence-corrected chi connectivity index (χ3v) is 6.76. The molecule has 0 bridgehead atoms. The molecule has 192 valence electrons. The molecule has 0 N–H and O–H groups in total. The number of piperidine rings is 1. The van der Waals surface area contributed by atoms with Gasteiger partial charge in [-0.3, -0.25) is 0 Å². The standard InChI is InChI=1S/C27H39N3O5/c1-9-10-11-27(6)12-14-29(15-13-27)22-20-16-19(24(31)33-7)28-30(20)17-18(2)21(22)23(25(32)34-8)35-26(3,4)5/h9,16-17,23H,1,10-15H2,2-8H3. The van der Waals surface area contributed by atoms with Crippen molar-refractivity contribution in [1.82, 2.24) is 9.61 Å². The SMILES string of the molecule is C=CCCC1(C)CCN(c2c(C(OC(C)(C)C)C(=O)OC)c(C)cn3nc(C(=O)OC)cc23)CC1. The number of ether oxygens (including phenoxy) is 3. The molecule has 1 saturated heterocycles. The highest BCUT2D eigenvalue weighted by Gasteiger charge is 2.37. The zero-order chi connectivity index (χ0) is 26.0. The number of aryl methyl sites for hydroxylation is 1. The van der Waals surface area contributed by atoms with E-state index in [9.17, 15) is 9.59 Å². The first kappa shape index (κ1) is 26.7. The Morgan fingerprint density at radius 3 is 2.43 bits per heavy atom. The summed E-state index contributed by atoms with van der Waals surface area (Å²) < 4.78 is 18.0. The van der Waals surface area contributed by atoms with Gasteiger partial charge in [0.05, 0.1) is 31.0 Å². The molecule has 0 spiro atoms. The molecular formula is C27H39N3O5. The molecule has 3 rings (SSSR count). The Labute approximate surface area is 208 Å². The van der Waals surface area contributed by atoms with E-state index in [4.69, 9.17) is 14.2 Å². The van der Waals surface area contributed by atoms with Gasteiger partial charge in [0.2, 0.25) is 0 Å². The number of hydrogen-bond donors (Lipinski definition) is 0. The first-order chi connectivity index (χ1) is 16.4. The zero-order valence-electron chi connectivity index (χ0n) is 22.1. The van der Waals surface area contributed by atoms with E-state index >= 15 is 0 Å². The number of fused-ring (bicyclic) bond motifs is 1. The van der Waals surface area contributed by atoms with Gasteiger partial charge in [-0.05, 0) is 64.4 Å². The minimum atomic E-state index is -0.925. The Bertz CT molecular complexity index is 1090. The van der Waals surface area contributed by atoms with Crippen LogP contribution in [0.15, 0.2) is 24.9 Å². The Hall–Kier alpha value is -2.87. The maximum Gasteiger partial charge on any atom is 0.358 e. The molecule has 0 aliphatic carbocycles. The molecule has 1 aliphatic rings. The van der Waals surface area contributed by atoms with Gasteiger partial charge in [-0.2, -0.15) is 5.10 Å². The number of carbonyl (C=O) groups is 2. The highest BCUT2D eigenvalue weighted by molar-refractivity contribution is 5.92. The van der Waals surface area contributed by atoms with Crippen molar-refractivity contribution in [3.8, 4) is 0 Å². The molecular weight excluding hydrogens is 446 g/mol. The molecule has 2 aromatic rings. The molecule has 1 unspecified atom stereocenters. The number of rotatable bonds is 8. The van der Waals surface area contributed by atoms with Gasteiger partial charge in [-0.25, -0.2) is 14.1 Å². The van der Waals surface area contributed by atoms with Crippen LogP contribution in [0.3, 0.4) is 0 Å². The lowest BCUT2D eigenvalue weighted by Crippen LogP contribution is -2.40. The summed E-state index contributed by atoms with van der Waals surface area (Å²) in [6, 6.07) is 1.72. The van der Waals surface area contributed by atoms with Crippen molar-refractivity contribution >= 4 is 23.1 Å². The van der Waals surface area contributed by atoms with Crippen LogP contribution < -0.4 is 4.90 Å². The maximum absolute atomic E-state index is 13.0. The summed E-state index contributed by atoms with van der Waals surface area (Å²) in [6.45, 7) is 15.5. The lowest BCUT2D eigenvalue weighted by atomic mass is 9.76. The largest absolute Gasteiger partial charge is 0.467 e. The number of nitrogens with zero attached hydrogens (tertiary/aromatic N) is 3. The molecule has 2 aromatic heterocycles. The third kappa shape index (κ3) is 5.86. The molecule has 1 fully saturated rings. The first-order valence-corrected chi connectivity index (χ1v) is 12.2. The topological polar surface area (TPSA) is 82.4 Å². The average molecular weight is 486 g/mol. The van der Waals surface area contributed by atoms with Crippen LogP contribution in [0.25, 0.3) is 5.52 Å². The molecule has 35 heavy (non-hydrogen) atoms. The predicted molar refractivity (Wildman–Crippen MR) is 136 cm³/mol. The van der Waals surface area contributed by atoms with E-state index in [0.717, 1.165) is 61.1 Å². The predicted octanol–water partition coefficient (Wildman–Crippen LogP) is 5.03. The summed E-state index contributed by atoms with van der Waals surface area (Å²) in [4.78, 5) is 27.6.